The Kier molecular flexibility index (Phi) is 6.45. The molecule has 134 valence electrons. The van der Waals surface area contributed by atoms with E-state index in [-0.39, 0.29) is 12.3 Å². The minimum absolute atomic E-state index is 0.0426. The highest BCUT2D eigenvalue weighted by Crippen LogP contribution is 2.20. The number of hydrogen-bond acceptors (Lipinski definition) is 5. The number of aryl methyl sites for hydroxylation is 1. The molecule has 2 rings (SSSR count). The molecule has 0 atom stereocenters. The fourth-order valence-corrected chi connectivity index (χ4v) is 3.27. The van der Waals surface area contributed by atoms with Crippen LogP contribution in [-0.4, -0.2) is 48.6 Å². The Balaban J connectivity index is 2.07. The SMILES string of the molecule is COC(=O)c1c(C)[nH]c(C(=O)CN(C)Cc2ccc(SC)cc2)c1C. The summed E-state index contributed by atoms with van der Waals surface area (Å²) >= 11 is 1.70. The molecule has 1 aromatic carbocycles. The molecule has 0 bridgehead atoms. The number of benzene rings is 1. The van der Waals surface area contributed by atoms with Gasteiger partial charge in [-0.25, -0.2) is 4.79 Å². The third-order valence-corrected chi connectivity index (χ3v) is 4.87. The second kappa shape index (κ2) is 8.36. The molecule has 25 heavy (non-hydrogen) atoms. The average molecular weight is 360 g/mol. The first kappa shape index (κ1) is 19.3. The van der Waals surface area contributed by atoms with Crippen LogP contribution in [0.4, 0.5) is 0 Å². The summed E-state index contributed by atoms with van der Waals surface area (Å²) in [5.41, 5.74) is 3.38. The summed E-state index contributed by atoms with van der Waals surface area (Å²) in [5.74, 6) is -0.466. The molecule has 2 aromatic rings. The van der Waals surface area contributed by atoms with Gasteiger partial charge in [0.25, 0.3) is 0 Å². The molecule has 0 radical (unpaired) electrons. The Labute approximate surface area is 152 Å². The van der Waals surface area contributed by atoms with Crippen LogP contribution in [-0.2, 0) is 11.3 Å². The Hall–Kier alpha value is -2.05. The largest absolute Gasteiger partial charge is 0.465 e. The number of hydrogen-bond donors (Lipinski definition) is 1. The number of rotatable bonds is 7. The number of aromatic nitrogens is 1. The molecule has 0 saturated carbocycles. The zero-order chi connectivity index (χ0) is 18.6. The van der Waals surface area contributed by atoms with E-state index in [1.54, 1.807) is 25.6 Å². The predicted octanol–water partition coefficient (Wildman–Crippen LogP) is 3.45. The van der Waals surface area contributed by atoms with Crippen molar-refractivity contribution < 1.29 is 14.3 Å². The topological polar surface area (TPSA) is 62.4 Å². The lowest BCUT2D eigenvalue weighted by Gasteiger charge is -2.16. The van der Waals surface area contributed by atoms with E-state index in [0.717, 1.165) is 5.56 Å². The number of aromatic amines is 1. The maximum absolute atomic E-state index is 12.6. The van der Waals surface area contributed by atoms with Crippen molar-refractivity contribution in [1.29, 1.82) is 0 Å². The van der Waals surface area contributed by atoms with E-state index in [4.69, 9.17) is 4.74 Å². The minimum atomic E-state index is -0.424. The molecule has 0 aliphatic heterocycles. The highest BCUT2D eigenvalue weighted by atomic mass is 32.2. The van der Waals surface area contributed by atoms with Crippen LogP contribution in [0, 0.1) is 13.8 Å². The number of thioether (sulfide) groups is 1. The molecule has 1 aromatic heterocycles. The Bertz CT molecular complexity index is 766. The van der Waals surface area contributed by atoms with Gasteiger partial charge in [-0.2, -0.15) is 0 Å². The number of methoxy groups -OCH3 is 1. The van der Waals surface area contributed by atoms with Crippen molar-refractivity contribution in [3.8, 4) is 0 Å². The van der Waals surface area contributed by atoms with E-state index in [0.29, 0.717) is 29.1 Å². The van der Waals surface area contributed by atoms with Crippen molar-refractivity contribution in [2.45, 2.75) is 25.3 Å². The third-order valence-electron chi connectivity index (χ3n) is 4.13. The van der Waals surface area contributed by atoms with Crippen LogP contribution >= 0.6 is 11.8 Å². The van der Waals surface area contributed by atoms with Gasteiger partial charge >= 0.3 is 5.97 Å². The van der Waals surface area contributed by atoms with E-state index < -0.39 is 5.97 Å². The standard InChI is InChI=1S/C19H24N2O3S/c1-12-17(19(23)24-4)13(2)20-18(12)16(22)11-21(3)10-14-6-8-15(25-5)9-7-14/h6-9,20H,10-11H2,1-5H3. The number of likely N-dealkylation sites (N-methyl/N-ethyl adjacent to an activating group) is 1. The maximum Gasteiger partial charge on any atom is 0.339 e. The number of ether oxygens (including phenoxy) is 1. The number of Topliss-reactive ketones (excluding diaryl/α,β-unsaturated/α-hetero) is 1. The Morgan fingerprint density at radius 3 is 2.40 bits per heavy atom. The van der Waals surface area contributed by atoms with Gasteiger partial charge in [0.2, 0.25) is 0 Å². The normalized spacial score (nSPS) is 11.0. The number of carbonyl (C=O) groups excluding carboxylic acids is 2. The first-order valence-electron chi connectivity index (χ1n) is 7.99. The number of esters is 1. The predicted molar refractivity (Wildman–Crippen MR) is 100 cm³/mol. The number of ketones is 1. The molecule has 5 nitrogen and oxygen atoms in total. The summed E-state index contributed by atoms with van der Waals surface area (Å²) in [6.45, 7) is 4.49. The lowest BCUT2D eigenvalue weighted by molar-refractivity contribution is 0.0599. The van der Waals surface area contributed by atoms with Crippen LogP contribution in [0.15, 0.2) is 29.2 Å². The number of nitrogens with one attached hydrogen (secondary N) is 1. The molecule has 1 heterocycles. The molecule has 0 unspecified atom stereocenters. The second-order valence-corrected chi connectivity index (χ2v) is 6.94. The van der Waals surface area contributed by atoms with Crippen molar-refractivity contribution >= 4 is 23.5 Å². The summed E-state index contributed by atoms with van der Waals surface area (Å²) in [6.07, 6.45) is 2.04. The first-order valence-corrected chi connectivity index (χ1v) is 9.22. The number of H-pyrrole nitrogens is 1. The van der Waals surface area contributed by atoms with E-state index in [2.05, 4.69) is 29.2 Å². The highest BCUT2D eigenvalue weighted by molar-refractivity contribution is 7.98. The fraction of sp³-hybridized carbons (Fsp3) is 0.368. The molecule has 0 spiro atoms. The molecule has 1 N–H and O–H groups in total. The zero-order valence-electron chi connectivity index (χ0n) is 15.3. The number of nitrogens with zero attached hydrogens (tertiary/aromatic N) is 1. The zero-order valence-corrected chi connectivity index (χ0v) is 16.1. The van der Waals surface area contributed by atoms with E-state index in [9.17, 15) is 9.59 Å². The van der Waals surface area contributed by atoms with Crippen molar-refractivity contribution in [3.63, 3.8) is 0 Å². The fourth-order valence-electron chi connectivity index (χ4n) is 2.86. The van der Waals surface area contributed by atoms with Gasteiger partial charge < -0.3 is 9.72 Å². The molecular weight excluding hydrogens is 336 g/mol. The molecule has 0 amide bonds. The minimum Gasteiger partial charge on any atom is -0.465 e. The van der Waals surface area contributed by atoms with Crippen LogP contribution in [0.3, 0.4) is 0 Å². The molecule has 6 heteroatoms. The van der Waals surface area contributed by atoms with E-state index in [1.165, 1.54) is 12.0 Å². The molecule has 0 fully saturated rings. The summed E-state index contributed by atoms with van der Waals surface area (Å²) in [5, 5.41) is 0. The highest BCUT2D eigenvalue weighted by Gasteiger charge is 2.22. The Morgan fingerprint density at radius 1 is 1.20 bits per heavy atom. The van der Waals surface area contributed by atoms with Gasteiger partial charge in [0.1, 0.15) is 0 Å². The lowest BCUT2D eigenvalue weighted by Crippen LogP contribution is -2.26. The average Bonchev–Trinajstić information content (AvgIpc) is 2.89. The quantitative estimate of drug-likeness (QED) is 0.465. The molecule has 0 aliphatic carbocycles. The number of carbonyl (C=O) groups is 2. The van der Waals surface area contributed by atoms with Gasteiger partial charge in [-0.15, -0.1) is 11.8 Å². The van der Waals surface area contributed by atoms with Gasteiger partial charge in [-0.1, -0.05) is 12.1 Å². The van der Waals surface area contributed by atoms with Crippen LogP contribution in [0.25, 0.3) is 0 Å². The Morgan fingerprint density at radius 2 is 1.84 bits per heavy atom. The summed E-state index contributed by atoms with van der Waals surface area (Å²) < 4.78 is 4.79. The lowest BCUT2D eigenvalue weighted by atomic mass is 10.1. The van der Waals surface area contributed by atoms with Crippen molar-refractivity contribution in [3.05, 3.63) is 52.3 Å². The smallest absolute Gasteiger partial charge is 0.339 e. The van der Waals surface area contributed by atoms with Crippen molar-refractivity contribution in [2.75, 3.05) is 27.0 Å². The second-order valence-electron chi connectivity index (χ2n) is 6.06. The molecule has 0 aliphatic rings. The van der Waals surface area contributed by atoms with Gasteiger partial charge in [-0.05, 0) is 50.4 Å². The van der Waals surface area contributed by atoms with Gasteiger partial charge in [0, 0.05) is 17.1 Å². The van der Waals surface area contributed by atoms with Gasteiger partial charge in [0.05, 0.1) is 24.9 Å². The third kappa shape index (κ3) is 4.52. The van der Waals surface area contributed by atoms with Crippen LogP contribution < -0.4 is 0 Å². The first-order chi connectivity index (χ1) is 11.9. The molecule has 0 saturated heterocycles. The maximum atomic E-state index is 12.6. The van der Waals surface area contributed by atoms with Gasteiger partial charge in [-0.3, -0.25) is 9.69 Å². The van der Waals surface area contributed by atoms with Crippen LogP contribution in [0.2, 0.25) is 0 Å². The summed E-state index contributed by atoms with van der Waals surface area (Å²) in [4.78, 5) is 30.7. The van der Waals surface area contributed by atoms with E-state index in [1.807, 2.05) is 18.2 Å². The summed E-state index contributed by atoms with van der Waals surface area (Å²) in [6, 6.07) is 8.31. The van der Waals surface area contributed by atoms with E-state index >= 15 is 0 Å². The van der Waals surface area contributed by atoms with Crippen molar-refractivity contribution in [2.24, 2.45) is 0 Å². The summed E-state index contributed by atoms with van der Waals surface area (Å²) in [7, 11) is 3.25. The van der Waals surface area contributed by atoms with Crippen molar-refractivity contribution in [1.82, 2.24) is 9.88 Å². The van der Waals surface area contributed by atoms with Gasteiger partial charge in [0.15, 0.2) is 5.78 Å². The van der Waals surface area contributed by atoms with Crippen LogP contribution in [0.5, 0.6) is 0 Å². The van der Waals surface area contributed by atoms with Crippen LogP contribution in [0.1, 0.15) is 37.7 Å². The molecular formula is C19H24N2O3S. The monoisotopic (exact) mass is 360 g/mol.